The van der Waals surface area contributed by atoms with Crippen molar-refractivity contribution in [2.45, 2.75) is 64.8 Å². The van der Waals surface area contributed by atoms with Gasteiger partial charge in [0.25, 0.3) is 0 Å². The van der Waals surface area contributed by atoms with Gasteiger partial charge in [0.1, 0.15) is 0 Å². The third-order valence-electron chi connectivity index (χ3n) is 4.39. The highest BCUT2D eigenvalue weighted by Gasteiger charge is 2.44. The Morgan fingerprint density at radius 1 is 1.19 bits per heavy atom. The molecular formula is C14H30N2. The van der Waals surface area contributed by atoms with E-state index in [0.29, 0.717) is 5.54 Å². The highest BCUT2D eigenvalue weighted by molar-refractivity contribution is 5.01. The summed E-state index contributed by atoms with van der Waals surface area (Å²) in [7, 11) is 0. The van der Waals surface area contributed by atoms with Crippen LogP contribution in [0.15, 0.2) is 0 Å². The van der Waals surface area contributed by atoms with Gasteiger partial charge in [-0.3, -0.25) is 4.90 Å². The zero-order valence-electron chi connectivity index (χ0n) is 11.5. The van der Waals surface area contributed by atoms with Crippen LogP contribution >= 0.6 is 0 Å². The highest BCUT2D eigenvalue weighted by atomic mass is 15.2. The summed E-state index contributed by atoms with van der Waals surface area (Å²) in [6.45, 7) is 10.2. The number of nitrogens with two attached hydrogens (primary N) is 1. The molecule has 0 saturated heterocycles. The third kappa shape index (κ3) is 2.60. The molecular weight excluding hydrogens is 196 g/mol. The van der Waals surface area contributed by atoms with E-state index in [-0.39, 0.29) is 0 Å². The summed E-state index contributed by atoms with van der Waals surface area (Å²) in [5.74, 6) is 0.829. The van der Waals surface area contributed by atoms with E-state index in [2.05, 4.69) is 25.7 Å². The second kappa shape index (κ2) is 6.61. The molecule has 1 aliphatic carbocycles. The molecule has 0 spiro atoms. The molecule has 1 saturated carbocycles. The van der Waals surface area contributed by atoms with Crippen molar-refractivity contribution < 1.29 is 0 Å². The van der Waals surface area contributed by atoms with E-state index in [4.69, 9.17) is 5.73 Å². The molecule has 2 atom stereocenters. The molecule has 96 valence electrons. The van der Waals surface area contributed by atoms with Gasteiger partial charge in [-0.25, -0.2) is 0 Å². The normalized spacial score (nSPS) is 30.2. The predicted octanol–water partition coefficient (Wildman–Crippen LogP) is 3.02. The first-order chi connectivity index (χ1) is 7.75. The van der Waals surface area contributed by atoms with Crippen molar-refractivity contribution in [3.8, 4) is 0 Å². The molecule has 2 unspecified atom stereocenters. The largest absolute Gasteiger partial charge is 0.329 e. The summed E-state index contributed by atoms with van der Waals surface area (Å²) < 4.78 is 0. The number of rotatable bonds is 7. The molecule has 0 radical (unpaired) electrons. The lowest BCUT2D eigenvalue weighted by atomic mass is 9.83. The maximum Gasteiger partial charge on any atom is 0.0359 e. The van der Waals surface area contributed by atoms with Gasteiger partial charge in [-0.1, -0.05) is 33.6 Å². The minimum Gasteiger partial charge on any atom is -0.329 e. The van der Waals surface area contributed by atoms with Crippen LogP contribution in [0.4, 0.5) is 0 Å². The Bertz CT molecular complexity index is 187. The fourth-order valence-electron chi connectivity index (χ4n) is 3.62. The van der Waals surface area contributed by atoms with E-state index in [9.17, 15) is 0 Å². The number of nitrogens with zero attached hydrogens (tertiary/aromatic N) is 1. The zero-order chi connectivity index (χ0) is 12.0. The van der Waals surface area contributed by atoms with Gasteiger partial charge in [0.2, 0.25) is 0 Å². The van der Waals surface area contributed by atoms with Gasteiger partial charge < -0.3 is 5.73 Å². The first kappa shape index (κ1) is 14.0. The molecule has 0 bridgehead atoms. The summed E-state index contributed by atoms with van der Waals surface area (Å²) >= 11 is 0. The summed E-state index contributed by atoms with van der Waals surface area (Å²) in [6.07, 6.45) is 7.87. The molecule has 16 heavy (non-hydrogen) atoms. The summed E-state index contributed by atoms with van der Waals surface area (Å²) in [5.41, 5.74) is 6.49. The van der Waals surface area contributed by atoms with Crippen LogP contribution in [0.1, 0.15) is 59.3 Å². The Morgan fingerprint density at radius 3 is 2.25 bits per heavy atom. The molecule has 1 rings (SSSR count). The third-order valence-corrected chi connectivity index (χ3v) is 4.39. The maximum atomic E-state index is 6.15. The Balaban J connectivity index is 2.81. The van der Waals surface area contributed by atoms with Crippen LogP contribution in [0.2, 0.25) is 0 Å². The van der Waals surface area contributed by atoms with E-state index >= 15 is 0 Å². The highest BCUT2D eigenvalue weighted by Crippen LogP contribution is 2.41. The van der Waals surface area contributed by atoms with Crippen molar-refractivity contribution in [1.29, 1.82) is 0 Å². The molecule has 2 heteroatoms. The Labute approximate surface area is 102 Å². The molecule has 1 fully saturated rings. The predicted molar refractivity (Wildman–Crippen MR) is 71.6 cm³/mol. The number of hydrogen-bond donors (Lipinski definition) is 1. The minimum atomic E-state index is 0.334. The molecule has 2 nitrogen and oxygen atoms in total. The van der Waals surface area contributed by atoms with Gasteiger partial charge in [0.15, 0.2) is 0 Å². The topological polar surface area (TPSA) is 29.3 Å². The second-order valence-corrected chi connectivity index (χ2v) is 5.29. The van der Waals surface area contributed by atoms with E-state index in [1.165, 1.54) is 51.6 Å². The maximum absolute atomic E-state index is 6.15. The van der Waals surface area contributed by atoms with Crippen LogP contribution in [0.3, 0.4) is 0 Å². The lowest BCUT2D eigenvalue weighted by Crippen LogP contribution is -2.56. The molecule has 0 aliphatic heterocycles. The van der Waals surface area contributed by atoms with Crippen molar-refractivity contribution >= 4 is 0 Å². The lowest BCUT2D eigenvalue weighted by Gasteiger charge is -2.45. The van der Waals surface area contributed by atoms with Crippen molar-refractivity contribution in [3.05, 3.63) is 0 Å². The molecule has 0 heterocycles. The minimum absolute atomic E-state index is 0.334. The second-order valence-electron chi connectivity index (χ2n) is 5.29. The van der Waals surface area contributed by atoms with Crippen LogP contribution in [-0.4, -0.2) is 30.1 Å². The van der Waals surface area contributed by atoms with Crippen LogP contribution in [-0.2, 0) is 0 Å². The van der Waals surface area contributed by atoms with E-state index in [1.54, 1.807) is 0 Å². The summed E-state index contributed by atoms with van der Waals surface area (Å²) in [6, 6.07) is 0. The Hall–Kier alpha value is -0.0800. The van der Waals surface area contributed by atoms with Crippen molar-refractivity contribution in [2.75, 3.05) is 19.6 Å². The van der Waals surface area contributed by atoms with Crippen LogP contribution in [0.25, 0.3) is 0 Å². The molecule has 0 aromatic rings. The molecule has 0 aromatic carbocycles. The van der Waals surface area contributed by atoms with Crippen LogP contribution in [0, 0.1) is 5.92 Å². The van der Waals surface area contributed by atoms with Gasteiger partial charge in [-0.2, -0.15) is 0 Å². The van der Waals surface area contributed by atoms with Gasteiger partial charge in [0.05, 0.1) is 0 Å². The van der Waals surface area contributed by atoms with Crippen molar-refractivity contribution in [3.63, 3.8) is 0 Å². The number of hydrogen-bond acceptors (Lipinski definition) is 2. The Morgan fingerprint density at radius 2 is 1.81 bits per heavy atom. The molecule has 2 N–H and O–H groups in total. The SMILES string of the molecule is CCCN(CCC)C1(CN)CCCC1CC. The fourth-order valence-corrected chi connectivity index (χ4v) is 3.62. The van der Waals surface area contributed by atoms with Crippen LogP contribution < -0.4 is 5.73 Å². The van der Waals surface area contributed by atoms with Crippen molar-refractivity contribution in [1.82, 2.24) is 4.90 Å². The van der Waals surface area contributed by atoms with E-state index in [0.717, 1.165) is 12.5 Å². The average Bonchev–Trinajstić information content (AvgIpc) is 2.72. The van der Waals surface area contributed by atoms with Crippen molar-refractivity contribution in [2.24, 2.45) is 11.7 Å². The van der Waals surface area contributed by atoms with E-state index < -0.39 is 0 Å². The average molecular weight is 226 g/mol. The van der Waals surface area contributed by atoms with Gasteiger partial charge in [-0.15, -0.1) is 0 Å². The Kier molecular flexibility index (Phi) is 5.77. The standard InChI is InChI=1S/C14H30N2/c1-4-10-16(11-5-2)14(12-15)9-7-8-13(14)6-3/h13H,4-12,15H2,1-3H3. The summed E-state index contributed by atoms with van der Waals surface area (Å²) in [4.78, 5) is 2.70. The van der Waals surface area contributed by atoms with E-state index in [1.807, 2.05) is 0 Å². The van der Waals surface area contributed by atoms with Gasteiger partial charge in [-0.05, 0) is 44.7 Å². The molecule has 1 aliphatic rings. The zero-order valence-corrected chi connectivity index (χ0v) is 11.5. The quantitative estimate of drug-likeness (QED) is 0.723. The molecule has 0 amide bonds. The lowest BCUT2D eigenvalue weighted by molar-refractivity contribution is 0.0552. The van der Waals surface area contributed by atoms with Gasteiger partial charge >= 0.3 is 0 Å². The van der Waals surface area contributed by atoms with Crippen LogP contribution in [0.5, 0.6) is 0 Å². The summed E-state index contributed by atoms with van der Waals surface area (Å²) in [5, 5.41) is 0. The smallest absolute Gasteiger partial charge is 0.0359 e. The monoisotopic (exact) mass is 226 g/mol. The molecule has 0 aromatic heterocycles. The first-order valence-electron chi connectivity index (χ1n) is 7.20. The first-order valence-corrected chi connectivity index (χ1v) is 7.20. The fraction of sp³-hybridized carbons (Fsp3) is 1.00. The van der Waals surface area contributed by atoms with Gasteiger partial charge in [0, 0.05) is 12.1 Å².